The van der Waals surface area contributed by atoms with Crippen LogP contribution in [0, 0.1) is 0 Å². The largest absolute Gasteiger partial charge is 0.373 e. The fraction of sp³-hybridized carbons (Fsp3) is 0.160. The van der Waals surface area contributed by atoms with Crippen LogP contribution < -0.4 is 4.90 Å². The zero-order chi connectivity index (χ0) is 24.2. The van der Waals surface area contributed by atoms with Crippen LogP contribution in [0.5, 0.6) is 0 Å². The summed E-state index contributed by atoms with van der Waals surface area (Å²) in [5, 5.41) is 8.93. The Morgan fingerprint density at radius 1 is 1.00 bits per heavy atom. The molecule has 0 fully saturated rings. The number of halogens is 1. The van der Waals surface area contributed by atoms with Crippen molar-refractivity contribution in [2.24, 2.45) is 0 Å². The van der Waals surface area contributed by atoms with Gasteiger partial charge in [-0.2, -0.15) is 9.59 Å². The van der Waals surface area contributed by atoms with Crippen LogP contribution in [0.3, 0.4) is 0 Å². The van der Waals surface area contributed by atoms with Crippen molar-refractivity contribution < 1.29 is 14.4 Å². The van der Waals surface area contributed by atoms with Gasteiger partial charge in [0, 0.05) is 16.6 Å². The summed E-state index contributed by atoms with van der Waals surface area (Å²) in [6, 6.07) is 19.4. The lowest BCUT2D eigenvalue weighted by Crippen LogP contribution is -2.24. The van der Waals surface area contributed by atoms with Gasteiger partial charge in [-0.25, -0.2) is 4.98 Å². The molecule has 4 aromatic rings. The molecule has 0 aliphatic carbocycles. The van der Waals surface area contributed by atoms with Crippen molar-refractivity contribution in [1.29, 1.82) is 0 Å². The monoisotopic (exact) mass is 473 g/mol. The predicted molar refractivity (Wildman–Crippen MR) is 126 cm³/mol. The second-order valence-corrected chi connectivity index (χ2v) is 8.33. The summed E-state index contributed by atoms with van der Waals surface area (Å²) in [5.41, 5.74) is 4.38. The standard InChI is InChI=1S/C24H20ClN5O.CO2/c1-15(2)30-14-26-28-23(30)21-4-3-5-22(27-21)29-13-18-7-6-17(12-20(18)24(29)31)16-8-10-19(25)11-9-16;2-1-3/h3-12,14-15H,13H2,1-2H3;. The minimum Gasteiger partial charge on any atom is -0.310 e. The van der Waals surface area contributed by atoms with Gasteiger partial charge in [0.25, 0.3) is 5.91 Å². The van der Waals surface area contributed by atoms with Gasteiger partial charge < -0.3 is 4.57 Å². The maximum atomic E-state index is 13.2. The van der Waals surface area contributed by atoms with Gasteiger partial charge in [-0.15, -0.1) is 10.2 Å². The average molecular weight is 474 g/mol. The number of amides is 1. The van der Waals surface area contributed by atoms with Crippen molar-refractivity contribution in [1.82, 2.24) is 19.7 Å². The van der Waals surface area contributed by atoms with E-state index in [1.165, 1.54) is 0 Å². The first-order valence-electron chi connectivity index (χ1n) is 10.5. The Kier molecular flexibility index (Phi) is 6.63. The number of benzene rings is 2. The van der Waals surface area contributed by atoms with Crippen LogP contribution in [0.1, 0.15) is 35.8 Å². The van der Waals surface area contributed by atoms with E-state index >= 15 is 0 Å². The highest BCUT2D eigenvalue weighted by Gasteiger charge is 2.30. The number of rotatable bonds is 4. The molecule has 1 amide bonds. The minimum atomic E-state index is -0.0548. The zero-order valence-corrected chi connectivity index (χ0v) is 19.2. The van der Waals surface area contributed by atoms with E-state index in [0.29, 0.717) is 34.5 Å². The van der Waals surface area contributed by atoms with E-state index in [1.807, 2.05) is 65.2 Å². The van der Waals surface area contributed by atoms with E-state index in [1.54, 1.807) is 11.2 Å². The number of fused-ring (bicyclic) bond motifs is 1. The Morgan fingerprint density at radius 2 is 1.71 bits per heavy atom. The summed E-state index contributed by atoms with van der Waals surface area (Å²) in [6.07, 6.45) is 1.95. The van der Waals surface area contributed by atoms with Crippen LogP contribution in [-0.2, 0) is 16.1 Å². The Hall–Kier alpha value is -4.13. The lowest BCUT2D eigenvalue weighted by atomic mass is 10.0. The average Bonchev–Trinajstić information content (AvgIpc) is 3.45. The van der Waals surface area contributed by atoms with Crippen molar-refractivity contribution >= 4 is 29.5 Å². The summed E-state index contributed by atoms with van der Waals surface area (Å²) >= 11 is 6.00. The molecule has 0 spiro atoms. The van der Waals surface area contributed by atoms with E-state index < -0.39 is 0 Å². The molecule has 1 aliphatic rings. The fourth-order valence-electron chi connectivity index (χ4n) is 3.81. The Bertz CT molecular complexity index is 1380. The molecule has 2 aromatic carbocycles. The van der Waals surface area contributed by atoms with Crippen LogP contribution >= 0.6 is 11.6 Å². The fourth-order valence-corrected chi connectivity index (χ4v) is 3.94. The third-order valence-corrected chi connectivity index (χ3v) is 5.71. The first-order valence-corrected chi connectivity index (χ1v) is 10.9. The third kappa shape index (κ3) is 4.50. The molecule has 3 heterocycles. The Labute approximate surface area is 200 Å². The number of nitrogens with zero attached hydrogens (tertiary/aromatic N) is 5. The quantitative estimate of drug-likeness (QED) is 0.421. The van der Waals surface area contributed by atoms with Crippen molar-refractivity contribution in [2.45, 2.75) is 26.4 Å². The van der Waals surface area contributed by atoms with E-state index in [0.717, 1.165) is 16.7 Å². The molecule has 34 heavy (non-hydrogen) atoms. The van der Waals surface area contributed by atoms with Crippen LogP contribution in [0.4, 0.5) is 5.82 Å². The van der Waals surface area contributed by atoms with Crippen molar-refractivity contribution in [3.8, 4) is 22.6 Å². The summed E-state index contributed by atoms with van der Waals surface area (Å²) in [7, 11) is 0. The van der Waals surface area contributed by atoms with Gasteiger partial charge in [0.15, 0.2) is 5.82 Å². The Balaban J connectivity index is 0.000000868. The molecule has 0 saturated carbocycles. The smallest absolute Gasteiger partial charge is 0.310 e. The molecule has 170 valence electrons. The number of pyridine rings is 1. The van der Waals surface area contributed by atoms with Crippen LogP contribution in [0.15, 0.2) is 67.0 Å². The number of carbonyl (C=O) groups excluding carboxylic acids is 3. The van der Waals surface area contributed by atoms with Crippen molar-refractivity contribution in [3.05, 3.63) is 83.1 Å². The minimum absolute atomic E-state index is 0.0548. The lowest BCUT2D eigenvalue weighted by molar-refractivity contribution is -0.191. The van der Waals surface area contributed by atoms with Gasteiger partial charge in [-0.1, -0.05) is 41.9 Å². The molecular weight excluding hydrogens is 454 g/mol. The van der Waals surface area contributed by atoms with Gasteiger partial charge in [0.1, 0.15) is 17.8 Å². The van der Waals surface area contributed by atoms with E-state index in [2.05, 4.69) is 24.0 Å². The molecule has 8 nitrogen and oxygen atoms in total. The van der Waals surface area contributed by atoms with Gasteiger partial charge in [-0.05, 0) is 60.9 Å². The first-order chi connectivity index (χ1) is 16.4. The third-order valence-electron chi connectivity index (χ3n) is 5.46. The second-order valence-electron chi connectivity index (χ2n) is 7.89. The molecule has 1 aliphatic heterocycles. The van der Waals surface area contributed by atoms with Crippen molar-refractivity contribution in [3.63, 3.8) is 0 Å². The van der Waals surface area contributed by atoms with Crippen LogP contribution in [0.2, 0.25) is 5.02 Å². The lowest BCUT2D eigenvalue weighted by Gasteiger charge is -2.16. The number of anilines is 1. The molecule has 2 aromatic heterocycles. The maximum Gasteiger partial charge on any atom is 0.373 e. The molecular formula is C25H20ClN5O3. The topological polar surface area (TPSA) is 98.1 Å². The summed E-state index contributed by atoms with van der Waals surface area (Å²) < 4.78 is 1.96. The number of hydrogen-bond donors (Lipinski definition) is 0. The van der Waals surface area contributed by atoms with Gasteiger partial charge in [-0.3, -0.25) is 9.69 Å². The number of aromatic nitrogens is 4. The molecule has 0 radical (unpaired) electrons. The molecule has 0 N–H and O–H groups in total. The molecule has 5 rings (SSSR count). The number of carbonyl (C=O) groups is 1. The van der Waals surface area contributed by atoms with E-state index in [4.69, 9.17) is 26.2 Å². The van der Waals surface area contributed by atoms with Crippen molar-refractivity contribution in [2.75, 3.05) is 4.90 Å². The van der Waals surface area contributed by atoms with E-state index in [-0.39, 0.29) is 18.1 Å². The highest BCUT2D eigenvalue weighted by Crippen LogP contribution is 2.32. The van der Waals surface area contributed by atoms with Crippen LogP contribution in [-0.4, -0.2) is 31.8 Å². The highest BCUT2D eigenvalue weighted by atomic mass is 35.5. The predicted octanol–water partition coefficient (Wildman–Crippen LogP) is 4.82. The molecule has 0 atom stereocenters. The molecule has 0 bridgehead atoms. The van der Waals surface area contributed by atoms with Crippen LogP contribution in [0.25, 0.3) is 22.6 Å². The highest BCUT2D eigenvalue weighted by molar-refractivity contribution is 6.30. The van der Waals surface area contributed by atoms with E-state index in [9.17, 15) is 4.79 Å². The SMILES string of the molecule is CC(C)n1cnnc1-c1cccc(N2Cc3ccc(-c4ccc(Cl)cc4)cc3C2=O)n1.O=C=O. The molecule has 0 saturated heterocycles. The molecule has 0 unspecified atom stereocenters. The van der Waals surface area contributed by atoms with Gasteiger partial charge in [0.2, 0.25) is 0 Å². The second kappa shape index (κ2) is 9.79. The first kappa shape index (κ1) is 23.0. The van der Waals surface area contributed by atoms with Gasteiger partial charge in [0.05, 0.1) is 6.54 Å². The maximum absolute atomic E-state index is 13.2. The van der Waals surface area contributed by atoms with Gasteiger partial charge >= 0.3 is 6.15 Å². The Morgan fingerprint density at radius 3 is 2.41 bits per heavy atom. The summed E-state index contributed by atoms with van der Waals surface area (Å²) in [5.74, 6) is 1.23. The molecule has 9 heteroatoms. The normalized spacial score (nSPS) is 12.2. The summed E-state index contributed by atoms with van der Waals surface area (Å²) in [6.45, 7) is 4.62. The number of hydrogen-bond acceptors (Lipinski definition) is 6. The summed E-state index contributed by atoms with van der Waals surface area (Å²) in [4.78, 5) is 35.9. The zero-order valence-electron chi connectivity index (χ0n) is 18.5.